The molecule has 0 saturated heterocycles. The molecule has 0 amide bonds. The summed E-state index contributed by atoms with van der Waals surface area (Å²) in [5, 5.41) is 18.1. The van der Waals surface area contributed by atoms with Crippen LogP contribution in [0.5, 0.6) is 0 Å². The molecule has 1 aliphatic carbocycles. The van der Waals surface area contributed by atoms with Gasteiger partial charge in [-0.05, 0) is 19.3 Å². The van der Waals surface area contributed by atoms with Crippen LogP contribution in [0, 0.1) is 5.92 Å². The first kappa shape index (κ1) is 15.4. The average Bonchev–Trinajstić information content (AvgIpc) is 2.38. The molecular weight excluding hydrogens is 248 g/mol. The number of carboxylic acid groups (broad SMARTS) is 2. The second-order valence-electron chi connectivity index (χ2n) is 4.90. The molecule has 0 aromatic rings. The lowest BCUT2D eigenvalue weighted by molar-refractivity contribution is -0.136. The Morgan fingerprint density at radius 2 is 1.47 bits per heavy atom. The van der Waals surface area contributed by atoms with E-state index in [1.165, 1.54) is 0 Å². The van der Waals surface area contributed by atoms with Crippen molar-refractivity contribution in [2.45, 2.75) is 51.9 Å². The number of Topliss-reactive ketones (excluding diaryl/α,β-unsaturated/α-hetero) is 1. The van der Waals surface area contributed by atoms with Gasteiger partial charge < -0.3 is 10.2 Å². The fourth-order valence-corrected chi connectivity index (χ4v) is 2.55. The van der Waals surface area contributed by atoms with Crippen LogP contribution in [0.25, 0.3) is 0 Å². The van der Waals surface area contributed by atoms with E-state index < -0.39 is 11.9 Å². The minimum Gasteiger partial charge on any atom is -0.478 e. The number of aliphatic carboxylic acids is 2. The zero-order chi connectivity index (χ0) is 14.4. The van der Waals surface area contributed by atoms with Crippen LogP contribution in [0.2, 0.25) is 0 Å². The number of carbonyl (C=O) groups excluding carboxylic acids is 1. The van der Waals surface area contributed by atoms with Gasteiger partial charge in [0.1, 0.15) is 5.78 Å². The van der Waals surface area contributed by atoms with Crippen LogP contribution in [0.1, 0.15) is 51.9 Å². The second kappa shape index (κ2) is 7.07. The van der Waals surface area contributed by atoms with E-state index in [0.29, 0.717) is 0 Å². The Hall–Kier alpha value is -1.65. The number of ketones is 1. The van der Waals surface area contributed by atoms with Crippen molar-refractivity contribution in [3.63, 3.8) is 0 Å². The fourth-order valence-electron chi connectivity index (χ4n) is 2.55. The largest absolute Gasteiger partial charge is 0.478 e. The van der Waals surface area contributed by atoms with Gasteiger partial charge in [0.05, 0.1) is 5.57 Å². The van der Waals surface area contributed by atoms with E-state index in [-0.39, 0.29) is 35.7 Å². The maximum absolute atomic E-state index is 12.1. The molecular formula is C14H20O5. The minimum atomic E-state index is -1.30. The molecule has 1 rings (SSSR count). The van der Waals surface area contributed by atoms with Crippen LogP contribution in [0.4, 0.5) is 0 Å². The maximum Gasteiger partial charge on any atom is 0.332 e. The predicted octanol–water partition coefficient (Wildman–Crippen LogP) is 2.40. The van der Waals surface area contributed by atoms with Crippen molar-refractivity contribution in [3.8, 4) is 0 Å². The van der Waals surface area contributed by atoms with Gasteiger partial charge in [0, 0.05) is 17.9 Å². The molecule has 0 atom stereocenters. The molecule has 1 fully saturated rings. The van der Waals surface area contributed by atoms with Crippen LogP contribution in [0.3, 0.4) is 0 Å². The first-order valence-electron chi connectivity index (χ1n) is 6.68. The van der Waals surface area contributed by atoms with Crippen LogP contribution in [0.15, 0.2) is 11.1 Å². The van der Waals surface area contributed by atoms with Gasteiger partial charge in [-0.2, -0.15) is 0 Å². The summed E-state index contributed by atoms with van der Waals surface area (Å²) in [7, 11) is 0. The number of rotatable bonds is 6. The third kappa shape index (κ3) is 4.19. The summed E-state index contributed by atoms with van der Waals surface area (Å²) in [6.07, 6.45) is 4.51. The fraction of sp³-hybridized carbons (Fsp3) is 0.643. The highest BCUT2D eigenvalue weighted by molar-refractivity contribution is 6.02. The summed E-state index contributed by atoms with van der Waals surface area (Å²) in [5.74, 6) is -2.79. The van der Waals surface area contributed by atoms with Crippen LogP contribution >= 0.6 is 0 Å². The molecule has 1 aliphatic rings. The van der Waals surface area contributed by atoms with Gasteiger partial charge in [0.2, 0.25) is 0 Å². The highest BCUT2D eigenvalue weighted by atomic mass is 16.4. The first-order chi connectivity index (χ1) is 8.97. The Morgan fingerprint density at radius 1 is 0.947 bits per heavy atom. The number of hydrogen-bond donors (Lipinski definition) is 2. The Labute approximate surface area is 112 Å². The standard InChI is InChI=1S/C14H20O5/c1-2-10(13(16)17)11(14(18)19)8-12(15)9-6-4-3-5-7-9/h9H,2-8H2,1H3,(H,16,17)(H,18,19)/b11-10+. The molecule has 2 N–H and O–H groups in total. The van der Waals surface area contributed by atoms with Gasteiger partial charge >= 0.3 is 11.9 Å². The van der Waals surface area contributed by atoms with E-state index >= 15 is 0 Å². The lowest BCUT2D eigenvalue weighted by Gasteiger charge is -2.20. The maximum atomic E-state index is 12.1. The first-order valence-corrected chi connectivity index (χ1v) is 6.68. The van der Waals surface area contributed by atoms with E-state index in [0.717, 1.165) is 32.1 Å². The molecule has 0 radical (unpaired) electrons. The van der Waals surface area contributed by atoms with Crippen molar-refractivity contribution in [3.05, 3.63) is 11.1 Å². The molecule has 0 bridgehead atoms. The van der Waals surface area contributed by atoms with Gasteiger partial charge in [-0.15, -0.1) is 0 Å². The lowest BCUT2D eigenvalue weighted by Crippen LogP contribution is -2.21. The van der Waals surface area contributed by atoms with Crippen molar-refractivity contribution >= 4 is 17.7 Å². The Kier molecular flexibility index (Phi) is 5.73. The van der Waals surface area contributed by atoms with Crippen LogP contribution in [-0.2, 0) is 14.4 Å². The molecule has 0 aromatic heterocycles. The smallest absolute Gasteiger partial charge is 0.332 e. The van der Waals surface area contributed by atoms with E-state index in [1.54, 1.807) is 6.92 Å². The third-order valence-electron chi connectivity index (χ3n) is 3.65. The summed E-state index contributed by atoms with van der Waals surface area (Å²) >= 11 is 0. The molecule has 0 spiro atoms. The monoisotopic (exact) mass is 268 g/mol. The molecule has 5 nitrogen and oxygen atoms in total. The molecule has 0 unspecified atom stereocenters. The molecule has 0 aliphatic heterocycles. The summed E-state index contributed by atoms with van der Waals surface area (Å²) < 4.78 is 0. The zero-order valence-corrected chi connectivity index (χ0v) is 11.1. The highest BCUT2D eigenvalue weighted by Crippen LogP contribution is 2.27. The van der Waals surface area contributed by atoms with Gasteiger partial charge in [-0.25, -0.2) is 9.59 Å². The molecule has 0 heterocycles. The number of hydrogen-bond acceptors (Lipinski definition) is 3. The number of carboxylic acids is 2. The Morgan fingerprint density at radius 3 is 1.89 bits per heavy atom. The lowest BCUT2D eigenvalue weighted by atomic mass is 9.83. The SMILES string of the molecule is CC/C(C(=O)O)=C(/CC(=O)C1CCCCC1)C(=O)O. The van der Waals surface area contributed by atoms with Crippen molar-refractivity contribution in [2.75, 3.05) is 0 Å². The number of carbonyl (C=O) groups is 3. The zero-order valence-electron chi connectivity index (χ0n) is 11.1. The highest BCUT2D eigenvalue weighted by Gasteiger charge is 2.26. The molecule has 0 aromatic carbocycles. The average molecular weight is 268 g/mol. The van der Waals surface area contributed by atoms with E-state index in [9.17, 15) is 14.4 Å². The van der Waals surface area contributed by atoms with Gasteiger partial charge in [-0.3, -0.25) is 4.79 Å². The third-order valence-corrected chi connectivity index (χ3v) is 3.65. The summed E-state index contributed by atoms with van der Waals surface area (Å²) in [5.41, 5.74) is -0.428. The summed E-state index contributed by atoms with van der Waals surface area (Å²) in [6.45, 7) is 1.58. The Balaban J connectivity index is 2.87. The van der Waals surface area contributed by atoms with E-state index in [1.807, 2.05) is 0 Å². The van der Waals surface area contributed by atoms with Crippen molar-refractivity contribution in [1.82, 2.24) is 0 Å². The van der Waals surface area contributed by atoms with Gasteiger partial charge in [-0.1, -0.05) is 26.2 Å². The van der Waals surface area contributed by atoms with Gasteiger partial charge in [0.15, 0.2) is 0 Å². The molecule has 19 heavy (non-hydrogen) atoms. The predicted molar refractivity (Wildman–Crippen MR) is 68.8 cm³/mol. The normalized spacial score (nSPS) is 17.7. The van der Waals surface area contributed by atoms with Gasteiger partial charge in [0.25, 0.3) is 0 Å². The second-order valence-corrected chi connectivity index (χ2v) is 4.90. The molecule has 1 saturated carbocycles. The van der Waals surface area contributed by atoms with E-state index in [2.05, 4.69) is 0 Å². The van der Waals surface area contributed by atoms with E-state index in [4.69, 9.17) is 10.2 Å². The molecule has 106 valence electrons. The molecule has 5 heteroatoms. The van der Waals surface area contributed by atoms with Crippen molar-refractivity contribution < 1.29 is 24.6 Å². The van der Waals surface area contributed by atoms with Crippen molar-refractivity contribution in [1.29, 1.82) is 0 Å². The van der Waals surface area contributed by atoms with Crippen molar-refractivity contribution in [2.24, 2.45) is 5.92 Å². The Bertz CT molecular complexity index is 402. The minimum absolute atomic E-state index is 0.102. The van der Waals surface area contributed by atoms with Crippen LogP contribution < -0.4 is 0 Å². The topological polar surface area (TPSA) is 91.7 Å². The summed E-state index contributed by atoms with van der Waals surface area (Å²) in [6, 6.07) is 0. The quantitative estimate of drug-likeness (QED) is 0.722. The van der Waals surface area contributed by atoms with Crippen LogP contribution in [-0.4, -0.2) is 27.9 Å². The summed E-state index contributed by atoms with van der Waals surface area (Å²) in [4.78, 5) is 34.2.